The Labute approximate surface area is 108 Å². The van der Waals surface area contributed by atoms with Gasteiger partial charge in [0.1, 0.15) is 5.75 Å². The molecule has 0 amide bonds. The Balaban J connectivity index is 2.81. The molecule has 0 heterocycles. The average molecular weight is 252 g/mol. The highest BCUT2D eigenvalue weighted by Gasteiger charge is 2.27. The molecule has 0 fully saturated rings. The molecule has 0 aliphatic heterocycles. The fourth-order valence-electron chi connectivity index (χ4n) is 1.80. The zero-order valence-corrected chi connectivity index (χ0v) is 11.1. The highest BCUT2D eigenvalue weighted by molar-refractivity contribution is 5.73. The summed E-state index contributed by atoms with van der Waals surface area (Å²) in [7, 11) is 1.58. The molecule has 4 nitrogen and oxygen atoms in total. The highest BCUT2D eigenvalue weighted by atomic mass is 16.5. The molecule has 0 unspecified atom stereocenters. The summed E-state index contributed by atoms with van der Waals surface area (Å²) >= 11 is 0. The van der Waals surface area contributed by atoms with Gasteiger partial charge in [0, 0.05) is 0 Å². The Bertz CT molecular complexity index is 372. The van der Waals surface area contributed by atoms with Crippen molar-refractivity contribution in [3.63, 3.8) is 0 Å². The van der Waals surface area contributed by atoms with E-state index in [1.165, 1.54) is 0 Å². The molecule has 1 aromatic carbocycles. The van der Waals surface area contributed by atoms with Crippen molar-refractivity contribution >= 4 is 5.97 Å². The maximum Gasteiger partial charge on any atom is 0.311 e. The highest BCUT2D eigenvalue weighted by Crippen LogP contribution is 2.27. The van der Waals surface area contributed by atoms with Crippen molar-refractivity contribution in [2.24, 2.45) is 5.92 Å². The zero-order chi connectivity index (χ0) is 13.5. The molecule has 0 spiro atoms. The number of aliphatic hydroxyl groups excluding tert-OH is 1. The van der Waals surface area contributed by atoms with Gasteiger partial charge in [0.05, 0.1) is 25.7 Å². The van der Waals surface area contributed by atoms with Gasteiger partial charge in [-0.1, -0.05) is 19.1 Å². The molecule has 1 N–H and O–H groups in total. The van der Waals surface area contributed by atoms with Crippen LogP contribution in [-0.4, -0.2) is 24.8 Å². The smallest absolute Gasteiger partial charge is 0.311 e. The van der Waals surface area contributed by atoms with E-state index in [1.807, 2.05) is 6.92 Å². The Morgan fingerprint density at radius 3 is 2.33 bits per heavy atom. The van der Waals surface area contributed by atoms with Crippen LogP contribution in [-0.2, 0) is 9.53 Å². The summed E-state index contributed by atoms with van der Waals surface area (Å²) in [6, 6.07) is 7.03. The fraction of sp³-hybridized carbons (Fsp3) is 0.500. The monoisotopic (exact) mass is 252 g/mol. The molecule has 1 rings (SSSR count). The van der Waals surface area contributed by atoms with Crippen molar-refractivity contribution in [1.29, 1.82) is 0 Å². The van der Waals surface area contributed by atoms with Gasteiger partial charge in [-0.05, 0) is 31.0 Å². The van der Waals surface area contributed by atoms with E-state index in [1.54, 1.807) is 38.3 Å². The second-order valence-electron chi connectivity index (χ2n) is 3.98. The zero-order valence-electron chi connectivity index (χ0n) is 11.1. The predicted octanol–water partition coefficient (Wildman–Crippen LogP) is 2.32. The first kappa shape index (κ1) is 14.5. The molecule has 0 bridgehead atoms. The van der Waals surface area contributed by atoms with Crippen LogP contribution in [0.15, 0.2) is 24.3 Å². The van der Waals surface area contributed by atoms with Gasteiger partial charge in [-0.2, -0.15) is 0 Å². The normalized spacial score (nSPS) is 13.8. The topological polar surface area (TPSA) is 55.8 Å². The average Bonchev–Trinajstić information content (AvgIpc) is 2.40. The lowest BCUT2D eigenvalue weighted by atomic mass is 9.93. The summed E-state index contributed by atoms with van der Waals surface area (Å²) in [6.07, 6.45) is -0.314. The van der Waals surface area contributed by atoms with Crippen molar-refractivity contribution in [2.75, 3.05) is 13.7 Å². The van der Waals surface area contributed by atoms with E-state index in [0.29, 0.717) is 18.6 Å². The minimum atomic E-state index is -0.847. The van der Waals surface area contributed by atoms with Crippen LogP contribution in [0.4, 0.5) is 0 Å². The van der Waals surface area contributed by atoms with Crippen LogP contribution in [0.2, 0.25) is 0 Å². The lowest BCUT2D eigenvalue weighted by Crippen LogP contribution is -2.24. The largest absolute Gasteiger partial charge is 0.497 e. The third-order valence-corrected chi connectivity index (χ3v) is 2.87. The number of aliphatic hydroxyl groups is 1. The van der Waals surface area contributed by atoms with Crippen LogP contribution in [0.25, 0.3) is 0 Å². The van der Waals surface area contributed by atoms with E-state index in [0.717, 1.165) is 5.75 Å². The Morgan fingerprint density at radius 2 is 1.89 bits per heavy atom. The number of hydrogen-bond acceptors (Lipinski definition) is 4. The van der Waals surface area contributed by atoms with Gasteiger partial charge in [-0.25, -0.2) is 0 Å². The molecular formula is C14H20O4. The van der Waals surface area contributed by atoms with Crippen molar-refractivity contribution in [3.8, 4) is 5.75 Å². The van der Waals surface area contributed by atoms with E-state index in [4.69, 9.17) is 9.47 Å². The second kappa shape index (κ2) is 7.01. The predicted molar refractivity (Wildman–Crippen MR) is 68.4 cm³/mol. The molecule has 0 aromatic heterocycles. The van der Waals surface area contributed by atoms with E-state index in [2.05, 4.69) is 0 Å². The summed E-state index contributed by atoms with van der Waals surface area (Å²) in [5, 5.41) is 10.2. The van der Waals surface area contributed by atoms with E-state index >= 15 is 0 Å². The summed E-state index contributed by atoms with van der Waals surface area (Å²) in [5.41, 5.74) is 0.690. The number of carbonyl (C=O) groups is 1. The summed E-state index contributed by atoms with van der Waals surface area (Å²) in [4.78, 5) is 11.7. The van der Waals surface area contributed by atoms with Crippen molar-refractivity contribution in [2.45, 2.75) is 26.4 Å². The van der Waals surface area contributed by atoms with Crippen LogP contribution in [0, 0.1) is 5.92 Å². The minimum Gasteiger partial charge on any atom is -0.497 e. The lowest BCUT2D eigenvalue weighted by Gasteiger charge is -2.20. The van der Waals surface area contributed by atoms with E-state index < -0.39 is 12.0 Å². The third kappa shape index (κ3) is 3.47. The molecule has 0 saturated heterocycles. The molecule has 0 aliphatic rings. The van der Waals surface area contributed by atoms with Crippen LogP contribution in [0.3, 0.4) is 0 Å². The summed E-state index contributed by atoms with van der Waals surface area (Å²) in [5.74, 6) is -0.170. The first-order valence-electron chi connectivity index (χ1n) is 6.12. The molecule has 0 radical (unpaired) electrons. The van der Waals surface area contributed by atoms with Gasteiger partial charge in [0.25, 0.3) is 0 Å². The molecule has 1 aromatic rings. The Morgan fingerprint density at radius 1 is 1.28 bits per heavy atom. The molecule has 2 atom stereocenters. The number of esters is 1. The van der Waals surface area contributed by atoms with Crippen molar-refractivity contribution in [1.82, 2.24) is 0 Å². The number of carbonyl (C=O) groups excluding carboxylic acids is 1. The molecule has 18 heavy (non-hydrogen) atoms. The van der Waals surface area contributed by atoms with E-state index in [9.17, 15) is 9.90 Å². The van der Waals surface area contributed by atoms with Gasteiger partial charge in [0.15, 0.2) is 0 Å². The van der Waals surface area contributed by atoms with Crippen molar-refractivity contribution < 1.29 is 19.4 Å². The minimum absolute atomic E-state index is 0.324. The maximum absolute atomic E-state index is 11.7. The first-order valence-corrected chi connectivity index (χ1v) is 6.12. The van der Waals surface area contributed by atoms with E-state index in [-0.39, 0.29) is 5.97 Å². The number of benzene rings is 1. The number of hydrogen-bond donors (Lipinski definition) is 1. The molecule has 0 aliphatic carbocycles. The van der Waals surface area contributed by atoms with Crippen molar-refractivity contribution in [3.05, 3.63) is 29.8 Å². The van der Waals surface area contributed by atoms with Crippen LogP contribution >= 0.6 is 0 Å². The Kier molecular flexibility index (Phi) is 5.65. The van der Waals surface area contributed by atoms with Gasteiger partial charge < -0.3 is 14.6 Å². The third-order valence-electron chi connectivity index (χ3n) is 2.87. The first-order chi connectivity index (χ1) is 8.63. The van der Waals surface area contributed by atoms with Gasteiger partial charge >= 0.3 is 5.97 Å². The summed E-state index contributed by atoms with van der Waals surface area (Å²) in [6.45, 7) is 3.93. The molecule has 0 saturated carbocycles. The van der Waals surface area contributed by atoms with Crippen LogP contribution in [0.1, 0.15) is 31.9 Å². The molecular weight excluding hydrogens is 232 g/mol. The fourth-order valence-corrected chi connectivity index (χ4v) is 1.80. The quantitative estimate of drug-likeness (QED) is 0.789. The number of rotatable bonds is 6. The SMILES string of the molecule is CCOC(=O)[C@H](CC)[C@H](O)c1ccc(OC)cc1. The maximum atomic E-state index is 11.7. The van der Waals surface area contributed by atoms with Crippen LogP contribution < -0.4 is 4.74 Å². The molecule has 4 heteroatoms. The van der Waals surface area contributed by atoms with Gasteiger partial charge in [-0.15, -0.1) is 0 Å². The Hall–Kier alpha value is -1.55. The summed E-state index contributed by atoms with van der Waals surface area (Å²) < 4.78 is 10.0. The lowest BCUT2D eigenvalue weighted by molar-refractivity contribution is -0.152. The van der Waals surface area contributed by atoms with Crippen LogP contribution in [0.5, 0.6) is 5.75 Å². The standard InChI is InChI=1S/C14H20O4/c1-4-12(14(16)18-5-2)13(15)10-6-8-11(17-3)9-7-10/h6-9,12-13,15H,4-5H2,1-3H3/t12-,13-/m1/s1. The second-order valence-corrected chi connectivity index (χ2v) is 3.98. The van der Waals surface area contributed by atoms with Gasteiger partial charge in [-0.3, -0.25) is 4.79 Å². The number of methoxy groups -OCH3 is 1. The number of ether oxygens (including phenoxy) is 2. The van der Waals surface area contributed by atoms with Gasteiger partial charge in [0.2, 0.25) is 0 Å². The molecule has 100 valence electrons.